The molecule has 0 aromatic heterocycles. The largest absolute Gasteiger partial charge is 0.492 e. The average Bonchev–Trinajstić information content (AvgIpc) is 2.61. The zero-order valence-electron chi connectivity index (χ0n) is 14.1. The lowest BCUT2D eigenvalue weighted by atomic mass is 10.1. The third-order valence-electron chi connectivity index (χ3n) is 3.48. The van der Waals surface area contributed by atoms with E-state index in [1.165, 1.54) is 17.8 Å². The van der Waals surface area contributed by atoms with Crippen LogP contribution >= 0.6 is 11.8 Å². The summed E-state index contributed by atoms with van der Waals surface area (Å²) < 4.78 is 5.48. The summed E-state index contributed by atoms with van der Waals surface area (Å²) >= 11 is 1.42. The molecule has 25 heavy (non-hydrogen) atoms. The molecule has 1 atom stereocenters. The van der Waals surface area contributed by atoms with Gasteiger partial charge in [0.05, 0.1) is 23.0 Å². The van der Waals surface area contributed by atoms with Gasteiger partial charge in [-0.15, -0.1) is 11.8 Å². The van der Waals surface area contributed by atoms with Gasteiger partial charge in [0.1, 0.15) is 5.75 Å². The van der Waals surface area contributed by atoms with Gasteiger partial charge in [-0.05, 0) is 31.5 Å². The van der Waals surface area contributed by atoms with E-state index >= 15 is 0 Å². The van der Waals surface area contributed by atoms with Gasteiger partial charge in [-0.3, -0.25) is 14.9 Å². The van der Waals surface area contributed by atoms with Crippen molar-refractivity contribution >= 4 is 29.0 Å². The minimum atomic E-state index is -0.418. The number of anilines is 1. The van der Waals surface area contributed by atoms with E-state index in [1.54, 1.807) is 24.3 Å². The molecular formula is C18H20N2O4S. The highest BCUT2D eigenvalue weighted by Crippen LogP contribution is 2.30. The monoisotopic (exact) mass is 360 g/mol. The highest BCUT2D eigenvalue weighted by molar-refractivity contribution is 8.00. The fraction of sp³-hybridized carbons (Fsp3) is 0.278. The van der Waals surface area contributed by atoms with Crippen molar-refractivity contribution in [2.45, 2.75) is 19.1 Å². The lowest BCUT2D eigenvalue weighted by molar-refractivity contribution is -0.384. The molecule has 2 aromatic rings. The van der Waals surface area contributed by atoms with Crippen LogP contribution < -0.4 is 10.1 Å². The Morgan fingerprint density at radius 2 is 2.04 bits per heavy atom. The topological polar surface area (TPSA) is 81.5 Å². The lowest BCUT2D eigenvalue weighted by Crippen LogP contribution is -2.15. The minimum absolute atomic E-state index is 0.0345. The third kappa shape index (κ3) is 5.49. The number of carbonyl (C=O) groups excluding carboxylic acids is 1. The van der Waals surface area contributed by atoms with Crippen molar-refractivity contribution in [3.05, 3.63) is 64.2 Å². The number of nitro benzene ring substituents is 1. The summed E-state index contributed by atoms with van der Waals surface area (Å²) in [7, 11) is 0. The molecule has 6 nitrogen and oxygen atoms in total. The summed E-state index contributed by atoms with van der Waals surface area (Å²) in [4.78, 5) is 22.6. The maximum Gasteiger partial charge on any atom is 0.269 e. The summed E-state index contributed by atoms with van der Waals surface area (Å²) in [5.41, 5.74) is 1.51. The Morgan fingerprint density at radius 1 is 1.28 bits per heavy atom. The molecule has 0 spiro atoms. The number of carbonyl (C=O) groups is 1. The van der Waals surface area contributed by atoms with Gasteiger partial charge in [0, 0.05) is 17.4 Å². The van der Waals surface area contributed by atoms with Crippen molar-refractivity contribution in [1.82, 2.24) is 0 Å². The molecule has 0 bridgehead atoms. The van der Waals surface area contributed by atoms with Crippen LogP contribution in [0.5, 0.6) is 5.75 Å². The smallest absolute Gasteiger partial charge is 0.269 e. The van der Waals surface area contributed by atoms with Crippen LogP contribution in [0.4, 0.5) is 11.4 Å². The van der Waals surface area contributed by atoms with Gasteiger partial charge < -0.3 is 10.1 Å². The van der Waals surface area contributed by atoms with Crippen molar-refractivity contribution in [3.63, 3.8) is 0 Å². The Morgan fingerprint density at radius 3 is 2.76 bits per heavy atom. The van der Waals surface area contributed by atoms with Gasteiger partial charge in [-0.2, -0.15) is 0 Å². The number of nitro groups is 1. The molecule has 2 rings (SSSR count). The maximum absolute atomic E-state index is 12.2. The van der Waals surface area contributed by atoms with E-state index < -0.39 is 4.92 Å². The van der Waals surface area contributed by atoms with Gasteiger partial charge in [-0.1, -0.05) is 24.3 Å². The van der Waals surface area contributed by atoms with E-state index in [1.807, 2.05) is 32.0 Å². The first kappa shape index (κ1) is 18.8. The first-order chi connectivity index (χ1) is 12.0. The molecule has 132 valence electrons. The Hall–Kier alpha value is -2.54. The zero-order chi connectivity index (χ0) is 18.2. The molecule has 0 heterocycles. The van der Waals surface area contributed by atoms with Gasteiger partial charge in [0.15, 0.2) is 0 Å². The maximum atomic E-state index is 12.2. The number of thioether (sulfide) groups is 1. The van der Waals surface area contributed by atoms with Crippen LogP contribution in [0, 0.1) is 10.1 Å². The molecule has 0 radical (unpaired) electrons. The minimum Gasteiger partial charge on any atom is -0.492 e. The van der Waals surface area contributed by atoms with Crippen LogP contribution in [0.15, 0.2) is 48.5 Å². The van der Waals surface area contributed by atoms with Gasteiger partial charge >= 0.3 is 0 Å². The summed E-state index contributed by atoms with van der Waals surface area (Å²) in [5, 5.41) is 13.7. The van der Waals surface area contributed by atoms with E-state index in [-0.39, 0.29) is 22.6 Å². The molecule has 0 fully saturated rings. The molecule has 0 unspecified atom stereocenters. The van der Waals surface area contributed by atoms with E-state index in [2.05, 4.69) is 5.32 Å². The number of non-ortho nitro benzene ring substituents is 1. The summed E-state index contributed by atoms with van der Waals surface area (Å²) in [6.45, 7) is 4.33. The second kappa shape index (κ2) is 9.08. The standard InChI is InChI=1S/C18H20N2O4S/c1-3-24-17-10-5-4-9-16(17)19-18(21)12-25-13(2)14-7-6-8-15(11-14)20(22)23/h4-11,13H,3,12H2,1-2H3,(H,19,21)/t13-/m0/s1. The predicted molar refractivity (Wildman–Crippen MR) is 100 cm³/mol. The number of amides is 1. The van der Waals surface area contributed by atoms with E-state index in [9.17, 15) is 14.9 Å². The predicted octanol–water partition coefficient (Wildman–Crippen LogP) is 4.43. The van der Waals surface area contributed by atoms with Gasteiger partial charge in [0.2, 0.25) is 5.91 Å². The van der Waals surface area contributed by atoms with E-state index in [0.29, 0.717) is 18.0 Å². The molecule has 0 saturated heterocycles. The van der Waals surface area contributed by atoms with Crippen LogP contribution in [0.25, 0.3) is 0 Å². The third-order valence-corrected chi connectivity index (χ3v) is 4.68. The number of ether oxygens (including phenoxy) is 1. The number of para-hydroxylation sites is 2. The molecular weight excluding hydrogens is 340 g/mol. The highest BCUT2D eigenvalue weighted by atomic mass is 32.2. The van der Waals surface area contributed by atoms with Crippen molar-refractivity contribution < 1.29 is 14.5 Å². The molecule has 7 heteroatoms. The SMILES string of the molecule is CCOc1ccccc1NC(=O)CS[C@@H](C)c1cccc([N+](=O)[O-])c1. The van der Waals surface area contributed by atoms with Crippen LogP contribution in [0.2, 0.25) is 0 Å². The molecule has 2 aromatic carbocycles. The zero-order valence-corrected chi connectivity index (χ0v) is 14.9. The second-order valence-electron chi connectivity index (χ2n) is 5.28. The van der Waals surface area contributed by atoms with Crippen LogP contribution in [-0.4, -0.2) is 23.2 Å². The Kier molecular flexibility index (Phi) is 6.82. The highest BCUT2D eigenvalue weighted by Gasteiger charge is 2.14. The van der Waals surface area contributed by atoms with Crippen LogP contribution in [0.1, 0.15) is 24.7 Å². The molecule has 0 saturated carbocycles. The fourth-order valence-electron chi connectivity index (χ4n) is 2.23. The number of nitrogens with zero attached hydrogens (tertiary/aromatic N) is 1. The first-order valence-electron chi connectivity index (χ1n) is 7.89. The van der Waals surface area contributed by atoms with E-state index in [0.717, 1.165) is 5.56 Å². The van der Waals surface area contributed by atoms with Crippen molar-refractivity contribution in [1.29, 1.82) is 0 Å². The summed E-state index contributed by atoms with van der Waals surface area (Å²) in [6.07, 6.45) is 0. The first-order valence-corrected chi connectivity index (χ1v) is 8.93. The Labute approximate surface area is 150 Å². The number of hydrogen-bond donors (Lipinski definition) is 1. The number of rotatable bonds is 8. The van der Waals surface area contributed by atoms with Crippen LogP contribution in [-0.2, 0) is 4.79 Å². The molecule has 1 amide bonds. The molecule has 1 N–H and O–H groups in total. The summed E-state index contributed by atoms with van der Waals surface area (Å²) in [5.74, 6) is 0.731. The Bertz CT molecular complexity index is 751. The normalized spacial score (nSPS) is 11.6. The average molecular weight is 360 g/mol. The fourth-order valence-corrected chi connectivity index (χ4v) is 3.04. The molecule has 0 aliphatic heterocycles. The van der Waals surface area contributed by atoms with Crippen molar-refractivity contribution in [2.75, 3.05) is 17.7 Å². The molecule has 0 aliphatic carbocycles. The number of benzene rings is 2. The van der Waals surface area contributed by atoms with Crippen molar-refractivity contribution in [2.24, 2.45) is 0 Å². The van der Waals surface area contributed by atoms with Crippen molar-refractivity contribution in [3.8, 4) is 5.75 Å². The van der Waals surface area contributed by atoms with Gasteiger partial charge in [-0.25, -0.2) is 0 Å². The quantitative estimate of drug-likeness (QED) is 0.556. The Balaban J connectivity index is 1.94. The van der Waals surface area contributed by atoms with Gasteiger partial charge in [0.25, 0.3) is 5.69 Å². The van der Waals surface area contributed by atoms with Crippen LogP contribution in [0.3, 0.4) is 0 Å². The lowest BCUT2D eigenvalue weighted by Gasteiger charge is -2.13. The second-order valence-corrected chi connectivity index (χ2v) is 6.61. The summed E-state index contributed by atoms with van der Waals surface area (Å²) in [6, 6.07) is 13.8. The molecule has 0 aliphatic rings. The number of hydrogen-bond acceptors (Lipinski definition) is 5. The number of nitrogens with one attached hydrogen (secondary N) is 1. The van der Waals surface area contributed by atoms with E-state index in [4.69, 9.17) is 4.74 Å².